The number of carbonyl (C=O) groups excluding carboxylic acids is 2. The van der Waals surface area contributed by atoms with Gasteiger partial charge in [-0.15, -0.1) is 0 Å². The van der Waals surface area contributed by atoms with Crippen LogP contribution in [0.2, 0.25) is 5.02 Å². The van der Waals surface area contributed by atoms with E-state index in [-0.39, 0.29) is 19.0 Å². The second kappa shape index (κ2) is 9.65. The van der Waals surface area contributed by atoms with E-state index in [2.05, 4.69) is 16.0 Å². The van der Waals surface area contributed by atoms with Gasteiger partial charge in [0, 0.05) is 17.3 Å². The summed E-state index contributed by atoms with van der Waals surface area (Å²) in [6.07, 6.45) is -0.866. The van der Waals surface area contributed by atoms with Crippen LogP contribution < -0.4 is 20.7 Å². The average molecular weight is 378 g/mol. The van der Waals surface area contributed by atoms with Crippen molar-refractivity contribution in [3.05, 3.63) is 59.1 Å². The third kappa shape index (κ3) is 6.27. The molecule has 0 spiro atoms. The molecule has 1 unspecified atom stereocenters. The van der Waals surface area contributed by atoms with Crippen LogP contribution in [0.4, 0.5) is 10.5 Å². The zero-order chi connectivity index (χ0) is 18.9. The van der Waals surface area contributed by atoms with Crippen molar-refractivity contribution in [2.45, 2.75) is 6.10 Å². The molecule has 0 aliphatic rings. The van der Waals surface area contributed by atoms with Crippen molar-refractivity contribution in [3.8, 4) is 5.75 Å². The average Bonchev–Trinajstić information content (AvgIpc) is 2.66. The van der Waals surface area contributed by atoms with Gasteiger partial charge >= 0.3 is 6.03 Å². The minimum Gasteiger partial charge on any atom is -0.497 e. The van der Waals surface area contributed by atoms with Crippen LogP contribution in [0.5, 0.6) is 5.75 Å². The van der Waals surface area contributed by atoms with Crippen molar-refractivity contribution < 1.29 is 19.4 Å². The first kappa shape index (κ1) is 19.6. The van der Waals surface area contributed by atoms with E-state index >= 15 is 0 Å². The smallest absolute Gasteiger partial charge is 0.315 e. The van der Waals surface area contributed by atoms with Gasteiger partial charge in [0.25, 0.3) is 0 Å². The fraction of sp³-hybridized carbons (Fsp3) is 0.222. The second-order valence-corrected chi connectivity index (χ2v) is 5.84. The molecule has 0 aliphatic heterocycles. The molecule has 0 bridgehead atoms. The number of rotatable bonds is 7. The molecule has 0 saturated carbocycles. The first-order valence-corrected chi connectivity index (χ1v) is 8.25. The highest BCUT2D eigenvalue weighted by atomic mass is 35.5. The van der Waals surface area contributed by atoms with Crippen molar-refractivity contribution in [3.63, 3.8) is 0 Å². The Bertz CT molecular complexity index is 735. The van der Waals surface area contributed by atoms with Crippen LogP contribution in [-0.2, 0) is 4.79 Å². The highest BCUT2D eigenvalue weighted by Crippen LogP contribution is 2.17. The number of urea groups is 1. The van der Waals surface area contributed by atoms with Crippen molar-refractivity contribution in [1.82, 2.24) is 10.6 Å². The Balaban J connectivity index is 1.70. The predicted molar refractivity (Wildman–Crippen MR) is 99.4 cm³/mol. The lowest BCUT2D eigenvalue weighted by molar-refractivity contribution is -0.115. The van der Waals surface area contributed by atoms with Crippen molar-refractivity contribution >= 4 is 29.2 Å². The number of carbonyl (C=O) groups is 2. The molecule has 2 aromatic rings. The van der Waals surface area contributed by atoms with Gasteiger partial charge in [-0.2, -0.15) is 0 Å². The molecule has 2 rings (SSSR count). The maximum absolute atomic E-state index is 11.8. The van der Waals surface area contributed by atoms with E-state index in [1.165, 1.54) is 0 Å². The number of anilines is 1. The van der Waals surface area contributed by atoms with Crippen molar-refractivity contribution in [1.29, 1.82) is 0 Å². The molecule has 8 heteroatoms. The van der Waals surface area contributed by atoms with E-state index in [9.17, 15) is 14.7 Å². The summed E-state index contributed by atoms with van der Waals surface area (Å²) < 4.78 is 5.04. The quantitative estimate of drug-likeness (QED) is 0.595. The van der Waals surface area contributed by atoms with Gasteiger partial charge in [-0.05, 0) is 42.0 Å². The van der Waals surface area contributed by atoms with Crippen LogP contribution >= 0.6 is 11.6 Å². The first-order valence-electron chi connectivity index (χ1n) is 7.87. The van der Waals surface area contributed by atoms with E-state index in [0.717, 1.165) is 0 Å². The number of ether oxygens (including phenoxy) is 1. The summed E-state index contributed by atoms with van der Waals surface area (Å²) in [5, 5.41) is 18.2. The summed E-state index contributed by atoms with van der Waals surface area (Å²) in [6, 6.07) is 12.9. The zero-order valence-electron chi connectivity index (χ0n) is 14.2. The summed E-state index contributed by atoms with van der Waals surface area (Å²) in [7, 11) is 1.56. The van der Waals surface area contributed by atoms with Crippen LogP contribution in [0.25, 0.3) is 0 Å². The molecule has 0 saturated heterocycles. The molecule has 0 heterocycles. The number of methoxy groups -OCH3 is 1. The summed E-state index contributed by atoms with van der Waals surface area (Å²) in [5.41, 5.74) is 1.23. The minimum atomic E-state index is -0.866. The van der Waals surface area contributed by atoms with E-state index in [4.69, 9.17) is 16.3 Å². The highest BCUT2D eigenvalue weighted by molar-refractivity contribution is 6.30. The summed E-state index contributed by atoms with van der Waals surface area (Å²) in [6.45, 7) is -0.190. The van der Waals surface area contributed by atoms with Gasteiger partial charge < -0.3 is 25.8 Å². The van der Waals surface area contributed by atoms with Gasteiger partial charge in [0.15, 0.2) is 0 Å². The summed E-state index contributed by atoms with van der Waals surface area (Å²) >= 11 is 5.77. The fourth-order valence-corrected chi connectivity index (χ4v) is 2.22. The molecule has 2 aromatic carbocycles. The van der Waals surface area contributed by atoms with Gasteiger partial charge in [-0.25, -0.2) is 4.79 Å². The molecule has 4 N–H and O–H groups in total. The van der Waals surface area contributed by atoms with Crippen molar-refractivity contribution in [2.24, 2.45) is 0 Å². The largest absolute Gasteiger partial charge is 0.497 e. The Morgan fingerprint density at radius 3 is 2.35 bits per heavy atom. The Morgan fingerprint density at radius 2 is 1.73 bits per heavy atom. The molecule has 26 heavy (non-hydrogen) atoms. The Labute approximate surface area is 156 Å². The Hall–Kier alpha value is -2.77. The molecule has 138 valence electrons. The van der Waals surface area contributed by atoms with Crippen LogP contribution in [0.15, 0.2) is 48.5 Å². The third-order valence-corrected chi connectivity index (χ3v) is 3.75. The van der Waals surface area contributed by atoms with Gasteiger partial charge in [-0.1, -0.05) is 23.7 Å². The second-order valence-electron chi connectivity index (χ2n) is 5.41. The van der Waals surface area contributed by atoms with Gasteiger partial charge in [0.05, 0.1) is 19.8 Å². The lowest BCUT2D eigenvalue weighted by Gasteiger charge is -2.13. The highest BCUT2D eigenvalue weighted by Gasteiger charge is 2.10. The summed E-state index contributed by atoms with van der Waals surface area (Å²) in [5.74, 6) is 0.302. The Morgan fingerprint density at radius 1 is 1.08 bits per heavy atom. The lowest BCUT2D eigenvalue weighted by atomic mass is 10.1. The minimum absolute atomic E-state index is 0.0109. The predicted octanol–water partition coefficient (Wildman–Crippen LogP) is 2.32. The van der Waals surface area contributed by atoms with Crippen molar-refractivity contribution in [2.75, 3.05) is 25.5 Å². The maximum Gasteiger partial charge on any atom is 0.315 e. The van der Waals surface area contributed by atoms with E-state index in [0.29, 0.717) is 22.0 Å². The third-order valence-electron chi connectivity index (χ3n) is 3.49. The fourth-order valence-electron chi connectivity index (χ4n) is 2.09. The van der Waals surface area contributed by atoms with Crippen LogP contribution in [-0.4, -0.2) is 37.2 Å². The molecular formula is C18H20ClN3O4. The molecule has 0 radical (unpaired) electrons. The molecule has 3 amide bonds. The van der Waals surface area contributed by atoms with E-state index in [1.807, 2.05) is 0 Å². The lowest BCUT2D eigenvalue weighted by Crippen LogP contribution is -2.41. The van der Waals surface area contributed by atoms with Gasteiger partial charge in [0.1, 0.15) is 5.75 Å². The van der Waals surface area contributed by atoms with Gasteiger partial charge in [-0.3, -0.25) is 4.79 Å². The summed E-state index contributed by atoms with van der Waals surface area (Å²) in [4.78, 5) is 23.5. The van der Waals surface area contributed by atoms with E-state index in [1.54, 1.807) is 55.6 Å². The van der Waals surface area contributed by atoms with E-state index < -0.39 is 12.1 Å². The zero-order valence-corrected chi connectivity index (χ0v) is 14.9. The topological polar surface area (TPSA) is 99.7 Å². The van der Waals surface area contributed by atoms with Gasteiger partial charge in [0.2, 0.25) is 5.91 Å². The molecular weight excluding hydrogens is 358 g/mol. The maximum atomic E-state index is 11.8. The number of benzene rings is 2. The van der Waals surface area contributed by atoms with Crippen LogP contribution in [0.3, 0.4) is 0 Å². The molecule has 0 fully saturated rings. The molecule has 0 aromatic heterocycles. The van der Waals surface area contributed by atoms with Crippen LogP contribution in [0, 0.1) is 0 Å². The SMILES string of the molecule is COc1ccc(C(O)CNC(=O)NCC(=O)Nc2ccc(Cl)cc2)cc1. The molecule has 7 nitrogen and oxygen atoms in total. The number of halogens is 1. The number of nitrogens with one attached hydrogen (secondary N) is 3. The normalized spacial score (nSPS) is 11.3. The Kier molecular flexibility index (Phi) is 7.25. The van der Waals surface area contributed by atoms with Crippen LogP contribution in [0.1, 0.15) is 11.7 Å². The number of amides is 3. The monoisotopic (exact) mass is 377 g/mol. The standard InChI is InChI=1S/C18H20ClN3O4/c1-26-15-8-2-12(3-9-15)16(23)10-20-18(25)21-11-17(24)22-14-6-4-13(19)5-7-14/h2-9,16,23H,10-11H2,1H3,(H,22,24)(H2,20,21,25). The number of hydrogen-bond donors (Lipinski definition) is 4. The molecule has 0 aliphatic carbocycles. The molecule has 1 atom stereocenters. The number of aliphatic hydroxyl groups excluding tert-OH is 1. The number of aliphatic hydroxyl groups is 1. The number of hydrogen-bond acceptors (Lipinski definition) is 4. The first-order chi connectivity index (χ1) is 12.5.